The van der Waals surface area contributed by atoms with E-state index in [1.807, 2.05) is 0 Å². The van der Waals surface area contributed by atoms with Crippen molar-refractivity contribution in [2.75, 3.05) is 14.2 Å². The molecule has 1 aromatic carbocycles. The molecule has 3 nitrogen and oxygen atoms in total. The topological polar surface area (TPSA) is 38.3 Å². The van der Waals surface area contributed by atoms with Gasteiger partial charge in [0.2, 0.25) is 5.91 Å². The second kappa shape index (κ2) is 5.37. The van der Waals surface area contributed by atoms with E-state index in [2.05, 4.69) is 21.2 Å². The molecule has 0 aromatic heterocycles. The zero-order valence-electron chi connectivity index (χ0n) is 8.38. The average molecular weight is 293 g/mol. The van der Waals surface area contributed by atoms with Gasteiger partial charge in [-0.15, -0.1) is 11.6 Å². The maximum atomic E-state index is 11.3. The van der Waals surface area contributed by atoms with Crippen LogP contribution in [0.3, 0.4) is 0 Å². The molecule has 1 atom stereocenters. The third-order valence-corrected chi connectivity index (χ3v) is 3.01. The number of alkyl halides is 1. The number of ether oxygens (including phenoxy) is 1. The Balaban J connectivity index is 2.97. The standard InChI is InChI=1S/C10H11BrClNO2/c1-13-10(14)9(12)6-3-4-8(15-2)7(11)5-6/h3-5,9H,1-2H3,(H,13,14). The fourth-order valence-corrected chi connectivity index (χ4v) is 1.92. The second-order valence-electron chi connectivity index (χ2n) is 2.87. The van der Waals surface area contributed by atoms with E-state index < -0.39 is 5.38 Å². The van der Waals surface area contributed by atoms with Crippen LogP contribution in [0.4, 0.5) is 0 Å². The van der Waals surface area contributed by atoms with Crippen molar-refractivity contribution >= 4 is 33.4 Å². The summed E-state index contributed by atoms with van der Waals surface area (Å²) in [6, 6.07) is 5.29. The van der Waals surface area contributed by atoms with Crippen molar-refractivity contribution in [1.82, 2.24) is 5.32 Å². The van der Waals surface area contributed by atoms with E-state index in [0.29, 0.717) is 5.75 Å². The number of likely N-dealkylation sites (N-methyl/N-ethyl adjacent to an activating group) is 1. The van der Waals surface area contributed by atoms with Crippen molar-refractivity contribution in [3.63, 3.8) is 0 Å². The summed E-state index contributed by atoms with van der Waals surface area (Å²) in [6.45, 7) is 0. The lowest BCUT2D eigenvalue weighted by molar-refractivity contribution is -0.120. The Morgan fingerprint density at radius 1 is 1.60 bits per heavy atom. The molecule has 0 saturated heterocycles. The maximum absolute atomic E-state index is 11.3. The lowest BCUT2D eigenvalue weighted by atomic mass is 10.1. The zero-order chi connectivity index (χ0) is 11.4. The van der Waals surface area contributed by atoms with Gasteiger partial charge in [0.05, 0.1) is 11.6 Å². The lowest BCUT2D eigenvalue weighted by Crippen LogP contribution is -2.22. The summed E-state index contributed by atoms with van der Waals surface area (Å²) in [4.78, 5) is 11.3. The molecule has 0 fully saturated rings. The Hall–Kier alpha value is -0.740. The molecule has 0 aliphatic carbocycles. The molecule has 0 aliphatic heterocycles. The molecular formula is C10H11BrClNO2. The predicted molar refractivity (Wildman–Crippen MR) is 63.4 cm³/mol. The molecule has 0 bridgehead atoms. The number of hydrogen-bond acceptors (Lipinski definition) is 2. The Morgan fingerprint density at radius 3 is 2.73 bits per heavy atom. The minimum atomic E-state index is -0.683. The molecule has 15 heavy (non-hydrogen) atoms. The van der Waals surface area contributed by atoms with E-state index in [1.54, 1.807) is 32.4 Å². The average Bonchev–Trinajstić information content (AvgIpc) is 2.26. The quantitative estimate of drug-likeness (QED) is 0.869. The van der Waals surface area contributed by atoms with Gasteiger partial charge in [-0.1, -0.05) is 6.07 Å². The van der Waals surface area contributed by atoms with Crippen molar-refractivity contribution in [3.05, 3.63) is 28.2 Å². The SMILES string of the molecule is CNC(=O)C(Cl)c1ccc(OC)c(Br)c1. The Kier molecular flexibility index (Phi) is 4.42. The van der Waals surface area contributed by atoms with Crippen LogP contribution >= 0.6 is 27.5 Å². The summed E-state index contributed by atoms with van der Waals surface area (Å²) in [5.74, 6) is 0.480. The molecule has 82 valence electrons. The minimum Gasteiger partial charge on any atom is -0.496 e. The number of amides is 1. The Bertz CT molecular complexity index is 370. The highest BCUT2D eigenvalue weighted by Gasteiger charge is 2.17. The van der Waals surface area contributed by atoms with Gasteiger partial charge in [-0.2, -0.15) is 0 Å². The summed E-state index contributed by atoms with van der Waals surface area (Å²) in [5, 5.41) is 1.81. The van der Waals surface area contributed by atoms with Gasteiger partial charge in [0, 0.05) is 7.05 Å². The van der Waals surface area contributed by atoms with Crippen molar-refractivity contribution in [2.45, 2.75) is 5.38 Å². The van der Waals surface area contributed by atoms with Crippen LogP contribution in [0.5, 0.6) is 5.75 Å². The molecular weight excluding hydrogens is 281 g/mol. The first kappa shape index (κ1) is 12.3. The van der Waals surface area contributed by atoms with Crippen LogP contribution in [0, 0.1) is 0 Å². The molecule has 1 N–H and O–H groups in total. The number of nitrogens with one attached hydrogen (secondary N) is 1. The van der Waals surface area contributed by atoms with Crippen molar-refractivity contribution in [1.29, 1.82) is 0 Å². The van der Waals surface area contributed by atoms with Crippen molar-refractivity contribution in [3.8, 4) is 5.75 Å². The zero-order valence-corrected chi connectivity index (χ0v) is 10.7. The molecule has 0 heterocycles. The number of carbonyl (C=O) groups is 1. The molecule has 0 spiro atoms. The second-order valence-corrected chi connectivity index (χ2v) is 4.16. The minimum absolute atomic E-state index is 0.228. The molecule has 0 saturated carbocycles. The Labute approximate surface area is 102 Å². The molecule has 1 unspecified atom stereocenters. The van der Waals surface area contributed by atoms with Gasteiger partial charge < -0.3 is 10.1 Å². The highest BCUT2D eigenvalue weighted by atomic mass is 79.9. The molecule has 0 radical (unpaired) electrons. The van der Waals surface area contributed by atoms with Crippen molar-refractivity contribution < 1.29 is 9.53 Å². The van der Waals surface area contributed by atoms with Crippen LogP contribution in [0.15, 0.2) is 22.7 Å². The number of carbonyl (C=O) groups excluding carboxylic acids is 1. The van der Waals surface area contributed by atoms with Gasteiger partial charge >= 0.3 is 0 Å². The number of methoxy groups -OCH3 is 1. The highest BCUT2D eigenvalue weighted by molar-refractivity contribution is 9.10. The third kappa shape index (κ3) is 2.86. The van der Waals surface area contributed by atoms with Gasteiger partial charge in [-0.3, -0.25) is 4.79 Å². The van der Waals surface area contributed by atoms with E-state index in [4.69, 9.17) is 16.3 Å². The van der Waals surface area contributed by atoms with Gasteiger partial charge in [0.1, 0.15) is 11.1 Å². The lowest BCUT2D eigenvalue weighted by Gasteiger charge is -2.10. The summed E-state index contributed by atoms with van der Waals surface area (Å²) in [6.07, 6.45) is 0. The summed E-state index contributed by atoms with van der Waals surface area (Å²) in [5.41, 5.74) is 0.726. The normalized spacial score (nSPS) is 12.0. The van der Waals surface area contributed by atoms with Crippen LogP contribution < -0.4 is 10.1 Å². The first-order valence-electron chi connectivity index (χ1n) is 4.29. The number of hydrogen-bond donors (Lipinski definition) is 1. The number of rotatable bonds is 3. The van der Waals surface area contributed by atoms with Crippen LogP contribution in [-0.2, 0) is 4.79 Å². The fraction of sp³-hybridized carbons (Fsp3) is 0.300. The maximum Gasteiger partial charge on any atom is 0.242 e. The van der Waals surface area contributed by atoms with Crippen LogP contribution in [0.2, 0.25) is 0 Å². The molecule has 1 amide bonds. The molecule has 5 heteroatoms. The van der Waals surface area contributed by atoms with Crippen LogP contribution in [0.25, 0.3) is 0 Å². The number of halogens is 2. The summed E-state index contributed by atoms with van der Waals surface area (Å²) < 4.78 is 5.85. The van der Waals surface area contributed by atoms with Crippen LogP contribution in [0.1, 0.15) is 10.9 Å². The van der Waals surface area contributed by atoms with Gasteiger partial charge in [0.25, 0.3) is 0 Å². The molecule has 0 aliphatic rings. The number of benzene rings is 1. The largest absolute Gasteiger partial charge is 0.496 e. The van der Waals surface area contributed by atoms with Gasteiger partial charge in [-0.25, -0.2) is 0 Å². The molecule has 1 aromatic rings. The van der Waals surface area contributed by atoms with E-state index in [-0.39, 0.29) is 5.91 Å². The van der Waals surface area contributed by atoms with Gasteiger partial charge in [-0.05, 0) is 33.6 Å². The van der Waals surface area contributed by atoms with Crippen LogP contribution in [-0.4, -0.2) is 20.1 Å². The monoisotopic (exact) mass is 291 g/mol. The van der Waals surface area contributed by atoms with E-state index >= 15 is 0 Å². The van der Waals surface area contributed by atoms with Gasteiger partial charge in [0.15, 0.2) is 0 Å². The highest BCUT2D eigenvalue weighted by Crippen LogP contribution is 2.30. The molecule has 1 rings (SSSR count). The summed E-state index contributed by atoms with van der Waals surface area (Å²) in [7, 11) is 3.13. The Morgan fingerprint density at radius 2 is 2.27 bits per heavy atom. The predicted octanol–water partition coefficient (Wildman–Crippen LogP) is 2.48. The van der Waals surface area contributed by atoms with E-state index in [1.165, 1.54) is 0 Å². The fourth-order valence-electron chi connectivity index (χ4n) is 1.12. The van der Waals surface area contributed by atoms with Crippen molar-refractivity contribution in [2.24, 2.45) is 0 Å². The smallest absolute Gasteiger partial charge is 0.242 e. The first-order valence-corrected chi connectivity index (χ1v) is 5.52. The first-order chi connectivity index (χ1) is 7.10. The van der Waals surface area contributed by atoms with E-state index in [0.717, 1.165) is 10.0 Å². The van der Waals surface area contributed by atoms with E-state index in [9.17, 15) is 4.79 Å². The summed E-state index contributed by atoms with van der Waals surface area (Å²) >= 11 is 9.28. The third-order valence-electron chi connectivity index (χ3n) is 1.95.